The van der Waals surface area contributed by atoms with E-state index in [2.05, 4.69) is 15.1 Å². The molecule has 0 spiro atoms. The maximum Gasteiger partial charge on any atom is 0.175 e. The monoisotopic (exact) mass is 346 g/mol. The highest BCUT2D eigenvalue weighted by Gasteiger charge is 2.13. The number of nitrogens with zero attached hydrogens (tertiary/aromatic N) is 3. The summed E-state index contributed by atoms with van der Waals surface area (Å²) in [6.07, 6.45) is 0. The van der Waals surface area contributed by atoms with Gasteiger partial charge in [0.25, 0.3) is 0 Å². The Balaban J connectivity index is 1.75. The number of imidazole rings is 1. The van der Waals surface area contributed by atoms with Crippen LogP contribution in [0.25, 0.3) is 16.6 Å². The molecule has 0 unspecified atom stereocenters. The Hall–Kier alpha value is -3.59. The van der Waals surface area contributed by atoms with Gasteiger partial charge in [-0.25, -0.2) is 4.98 Å². The fourth-order valence-corrected chi connectivity index (χ4v) is 2.44. The van der Waals surface area contributed by atoms with Crippen LogP contribution in [-0.4, -0.2) is 27.4 Å². The van der Waals surface area contributed by atoms with Gasteiger partial charge < -0.3 is 14.9 Å². The van der Waals surface area contributed by atoms with Crippen LogP contribution in [0.15, 0.2) is 59.4 Å². The summed E-state index contributed by atoms with van der Waals surface area (Å²) < 4.78 is 0. The van der Waals surface area contributed by atoms with Crippen LogP contribution in [0.4, 0.5) is 0 Å². The van der Waals surface area contributed by atoms with Crippen molar-refractivity contribution in [3.05, 3.63) is 71.2 Å². The van der Waals surface area contributed by atoms with E-state index < -0.39 is 0 Å². The first kappa shape index (κ1) is 17.2. The molecule has 3 rings (SSSR count). The Morgan fingerprint density at radius 1 is 1.23 bits per heavy atom. The van der Waals surface area contributed by atoms with Gasteiger partial charge in [-0.1, -0.05) is 47.1 Å². The van der Waals surface area contributed by atoms with Crippen molar-refractivity contribution in [2.45, 2.75) is 13.8 Å². The highest BCUT2D eigenvalue weighted by atomic mass is 16.6. The molecule has 0 aliphatic rings. The highest BCUT2D eigenvalue weighted by molar-refractivity contribution is 5.98. The Kier molecular flexibility index (Phi) is 4.99. The van der Waals surface area contributed by atoms with E-state index in [4.69, 9.17) is 4.84 Å². The fraction of sp³-hybridized carbons (Fsp3) is 0.150. The number of aliphatic hydroxyl groups is 1. The fourth-order valence-electron chi connectivity index (χ4n) is 2.44. The molecule has 0 amide bonds. The number of nitriles is 1. The molecule has 0 atom stereocenters. The van der Waals surface area contributed by atoms with Gasteiger partial charge in [-0.15, -0.1) is 0 Å². The largest absolute Gasteiger partial charge is 0.507 e. The second kappa shape index (κ2) is 7.53. The van der Waals surface area contributed by atoms with E-state index in [1.165, 1.54) is 0 Å². The molecule has 0 aliphatic heterocycles. The Bertz CT molecular complexity index is 991. The zero-order valence-electron chi connectivity index (χ0n) is 14.5. The lowest BCUT2D eigenvalue weighted by atomic mass is 10.1. The van der Waals surface area contributed by atoms with Crippen molar-refractivity contribution in [3.63, 3.8) is 0 Å². The van der Waals surface area contributed by atoms with E-state index in [1.54, 1.807) is 0 Å². The maximum absolute atomic E-state index is 10.2. The maximum atomic E-state index is 10.2. The zero-order chi connectivity index (χ0) is 18.5. The molecule has 6 heteroatoms. The van der Waals surface area contributed by atoms with Crippen molar-refractivity contribution in [1.82, 2.24) is 9.97 Å². The quantitative estimate of drug-likeness (QED) is 0.315. The molecule has 130 valence electrons. The topological polar surface area (TPSA) is 94.3 Å². The molecule has 0 aliphatic carbocycles. The second-order valence-electron chi connectivity index (χ2n) is 5.85. The van der Waals surface area contributed by atoms with Gasteiger partial charge in [0.2, 0.25) is 0 Å². The van der Waals surface area contributed by atoms with Crippen molar-refractivity contribution < 1.29 is 9.94 Å². The van der Waals surface area contributed by atoms with E-state index in [1.807, 2.05) is 68.4 Å². The summed E-state index contributed by atoms with van der Waals surface area (Å²) >= 11 is 0. The van der Waals surface area contributed by atoms with Crippen molar-refractivity contribution in [2.75, 3.05) is 6.61 Å². The minimum atomic E-state index is -0.230. The number of aromatic nitrogens is 2. The van der Waals surface area contributed by atoms with Crippen LogP contribution in [0.1, 0.15) is 23.9 Å². The third-order valence-electron chi connectivity index (χ3n) is 3.90. The number of hydrogen-bond acceptors (Lipinski definition) is 5. The molecular weight excluding hydrogens is 328 g/mol. The average molecular weight is 346 g/mol. The minimum Gasteiger partial charge on any atom is -0.507 e. The van der Waals surface area contributed by atoms with Gasteiger partial charge >= 0.3 is 0 Å². The van der Waals surface area contributed by atoms with E-state index >= 15 is 0 Å². The lowest BCUT2D eigenvalue weighted by Crippen LogP contribution is -2.01. The number of rotatable bonds is 5. The number of benzene rings is 2. The van der Waals surface area contributed by atoms with Crippen LogP contribution in [-0.2, 0) is 4.84 Å². The molecule has 0 saturated heterocycles. The highest BCUT2D eigenvalue weighted by Crippen LogP contribution is 2.18. The summed E-state index contributed by atoms with van der Waals surface area (Å²) in [7, 11) is 0. The molecule has 1 heterocycles. The van der Waals surface area contributed by atoms with E-state index in [0.717, 1.165) is 22.2 Å². The Labute approximate surface area is 151 Å². The third kappa shape index (κ3) is 3.73. The number of H-pyrrole nitrogens is 1. The SMILES string of the molecule is C/C(=N/OCC(O)=C(C#N)c1nc2ccccc2[nH]1)c1ccc(C)cc1. The van der Waals surface area contributed by atoms with Crippen molar-refractivity contribution in [1.29, 1.82) is 5.26 Å². The number of allylic oxidation sites excluding steroid dienone is 1. The van der Waals surface area contributed by atoms with Crippen molar-refractivity contribution in [3.8, 4) is 6.07 Å². The van der Waals surface area contributed by atoms with Crippen LogP contribution < -0.4 is 0 Å². The summed E-state index contributed by atoms with van der Waals surface area (Å²) in [6.45, 7) is 3.61. The first-order chi connectivity index (χ1) is 12.6. The predicted molar refractivity (Wildman–Crippen MR) is 101 cm³/mol. The molecule has 0 saturated carbocycles. The van der Waals surface area contributed by atoms with Gasteiger partial charge in [-0.3, -0.25) is 0 Å². The number of hydrogen-bond donors (Lipinski definition) is 2. The summed E-state index contributed by atoms with van der Waals surface area (Å²) in [5.74, 6) is 0.0704. The zero-order valence-corrected chi connectivity index (χ0v) is 14.5. The summed E-state index contributed by atoms with van der Waals surface area (Å²) in [5, 5.41) is 23.6. The van der Waals surface area contributed by atoms with Crippen molar-refractivity contribution in [2.24, 2.45) is 5.16 Å². The Morgan fingerprint density at radius 3 is 2.65 bits per heavy atom. The summed E-state index contributed by atoms with van der Waals surface area (Å²) in [5.41, 5.74) is 4.31. The lowest BCUT2D eigenvalue weighted by molar-refractivity contribution is 0.137. The lowest BCUT2D eigenvalue weighted by Gasteiger charge is -2.04. The predicted octanol–water partition coefficient (Wildman–Crippen LogP) is 4.10. The van der Waals surface area contributed by atoms with Crippen LogP contribution in [0.5, 0.6) is 0 Å². The molecule has 6 nitrogen and oxygen atoms in total. The molecule has 1 aromatic heterocycles. The molecule has 0 bridgehead atoms. The molecule has 0 radical (unpaired) electrons. The standard InChI is InChI=1S/C20H18N4O2/c1-13-7-9-15(10-8-13)14(2)24-26-12-19(25)16(11-21)20-22-17-5-3-4-6-18(17)23-20/h3-10,25H,12H2,1-2H3,(H,22,23)/b19-16?,24-14-. The normalized spacial score (nSPS) is 12.6. The van der Waals surface area contributed by atoms with Crippen molar-refractivity contribution >= 4 is 22.3 Å². The van der Waals surface area contributed by atoms with Gasteiger partial charge in [-0.2, -0.15) is 5.26 Å². The average Bonchev–Trinajstić information content (AvgIpc) is 3.06. The molecule has 3 aromatic rings. The number of nitrogens with one attached hydrogen (secondary N) is 1. The van der Waals surface area contributed by atoms with E-state index in [-0.39, 0.29) is 17.9 Å². The number of aliphatic hydroxyl groups excluding tert-OH is 1. The summed E-state index contributed by atoms with van der Waals surface area (Å²) in [6, 6.07) is 17.2. The number of oxime groups is 1. The van der Waals surface area contributed by atoms with Crippen LogP contribution >= 0.6 is 0 Å². The molecular formula is C20H18N4O2. The number of aryl methyl sites for hydroxylation is 1. The van der Waals surface area contributed by atoms with E-state index in [0.29, 0.717) is 11.5 Å². The second-order valence-corrected chi connectivity index (χ2v) is 5.85. The van der Waals surface area contributed by atoms with Gasteiger partial charge in [-0.05, 0) is 31.5 Å². The third-order valence-corrected chi connectivity index (χ3v) is 3.90. The van der Waals surface area contributed by atoms with Gasteiger partial charge in [0.15, 0.2) is 18.2 Å². The Morgan fingerprint density at radius 2 is 1.96 bits per heavy atom. The molecule has 2 aromatic carbocycles. The molecule has 2 N–H and O–H groups in total. The number of aromatic amines is 1. The van der Waals surface area contributed by atoms with Gasteiger partial charge in [0.1, 0.15) is 11.6 Å². The summed E-state index contributed by atoms with van der Waals surface area (Å²) in [4.78, 5) is 12.5. The smallest absolute Gasteiger partial charge is 0.175 e. The van der Waals surface area contributed by atoms with E-state index in [9.17, 15) is 10.4 Å². The first-order valence-electron chi connectivity index (χ1n) is 8.09. The molecule has 26 heavy (non-hydrogen) atoms. The van der Waals surface area contributed by atoms with Crippen LogP contribution in [0.3, 0.4) is 0 Å². The number of fused-ring (bicyclic) bond motifs is 1. The first-order valence-corrected chi connectivity index (χ1v) is 8.09. The van der Waals surface area contributed by atoms with Crippen LogP contribution in [0.2, 0.25) is 0 Å². The molecule has 0 fully saturated rings. The minimum absolute atomic E-state index is 0.0318. The number of para-hydroxylation sites is 2. The van der Waals surface area contributed by atoms with Gasteiger partial charge in [0.05, 0.1) is 16.7 Å². The van der Waals surface area contributed by atoms with Gasteiger partial charge in [0, 0.05) is 0 Å². The van der Waals surface area contributed by atoms with Crippen LogP contribution in [0, 0.1) is 18.3 Å².